The topological polar surface area (TPSA) is 76.4 Å². The molecule has 0 amide bonds. The Morgan fingerprint density at radius 2 is 2.19 bits per heavy atom. The molecule has 0 fully saturated rings. The van der Waals surface area contributed by atoms with Crippen molar-refractivity contribution in [2.45, 2.75) is 46.2 Å². The van der Waals surface area contributed by atoms with Crippen molar-refractivity contribution < 1.29 is 4.74 Å². The highest BCUT2D eigenvalue weighted by atomic mass is 32.1. The fourth-order valence-corrected chi connectivity index (χ4v) is 4.13. The Kier molecular flexibility index (Phi) is 8.46. The molecule has 7 nitrogen and oxygen atoms in total. The van der Waals surface area contributed by atoms with Gasteiger partial charge in [-0.1, -0.05) is 30.7 Å². The van der Waals surface area contributed by atoms with Crippen LogP contribution in [0.2, 0.25) is 0 Å². The molecule has 2 N–H and O–H groups in total. The summed E-state index contributed by atoms with van der Waals surface area (Å²) in [4.78, 5) is 6.12. The molecular weight excluding hydrogens is 408 g/mol. The molecule has 166 valence electrons. The summed E-state index contributed by atoms with van der Waals surface area (Å²) in [5, 5.41) is 17.3. The van der Waals surface area contributed by atoms with Crippen LogP contribution in [0.25, 0.3) is 0 Å². The van der Waals surface area contributed by atoms with E-state index in [0.717, 1.165) is 43.5 Å². The van der Waals surface area contributed by atoms with Gasteiger partial charge in [0.2, 0.25) is 0 Å². The van der Waals surface area contributed by atoms with Gasteiger partial charge in [0.05, 0.1) is 13.2 Å². The van der Waals surface area contributed by atoms with Gasteiger partial charge in [0.1, 0.15) is 17.9 Å². The van der Waals surface area contributed by atoms with E-state index >= 15 is 0 Å². The summed E-state index contributed by atoms with van der Waals surface area (Å²) in [6.45, 7) is 8.53. The number of hydrogen-bond donors (Lipinski definition) is 2. The Labute approximate surface area is 188 Å². The Morgan fingerprint density at radius 3 is 2.94 bits per heavy atom. The first-order chi connectivity index (χ1) is 15.1. The van der Waals surface area contributed by atoms with Crippen LogP contribution in [0.3, 0.4) is 0 Å². The number of aliphatic imine (C=N–C) groups is 1. The minimum Gasteiger partial charge on any atom is -0.496 e. The fraction of sp³-hybridized carbons (Fsp3) is 0.435. The minimum absolute atomic E-state index is 0.181. The van der Waals surface area contributed by atoms with Crippen molar-refractivity contribution >= 4 is 17.3 Å². The summed E-state index contributed by atoms with van der Waals surface area (Å²) in [5.74, 6) is 2.71. The smallest absolute Gasteiger partial charge is 0.191 e. The standard InChI is InChI=1S/C23H32N6OS/c1-5-22-28-26-16-29(22)13-12-25-23(27-18(3)21-7-6-14-31-21)24-11-10-19-15-17(2)8-9-20(19)30-4/h6-9,14-16,18H,5,10-13H2,1-4H3,(H2,24,25,27). The van der Waals surface area contributed by atoms with Crippen LogP contribution in [0, 0.1) is 6.92 Å². The molecule has 0 spiro atoms. The van der Waals surface area contributed by atoms with Crippen molar-refractivity contribution in [3.8, 4) is 5.75 Å². The molecule has 1 unspecified atom stereocenters. The first-order valence-electron chi connectivity index (χ1n) is 10.7. The van der Waals surface area contributed by atoms with Crippen LogP contribution in [0.4, 0.5) is 0 Å². The normalized spacial score (nSPS) is 12.6. The van der Waals surface area contributed by atoms with Gasteiger partial charge in [0.25, 0.3) is 0 Å². The van der Waals surface area contributed by atoms with Crippen molar-refractivity contribution in [2.75, 3.05) is 20.2 Å². The molecule has 0 aliphatic carbocycles. The molecule has 0 aliphatic rings. The Bertz CT molecular complexity index is 966. The number of ether oxygens (including phenoxy) is 1. The van der Waals surface area contributed by atoms with E-state index < -0.39 is 0 Å². The van der Waals surface area contributed by atoms with Crippen molar-refractivity contribution in [2.24, 2.45) is 4.99 Å². The second kappa shape index (κ2) is 11.5. The van der Waals surface area contributed by atoms with Crippen LogP contribution < -0.4 is 15.4 Å². The Hall–Kier alpha value is -2.87. The van der Waals surface area contributed by atoms with Gasteiger partial charge < -0.3 is 19.9 Å². The van der Waals surface area contributed by atoms with E-state index in [2.05, 4.69) is 75.8 Å². The van der Waals surface area contributed by atoms with Gasteiger partial charge in [-0.15, -0.1) is 21.5 Å². The van der Waals surface area contributed by atoms with Crippen LogP contribution in [0.1, 0.15) is 41.7 Å². The maximum absolute atomic E-state index is 5.51. The average molecular weight is 441 g/mol. The van der Waals surface area contributed by atoms with Gasteiger partial charge in [-0.25, -0.2) is 0 Å². The first kappa shape index (κ1) is 22.8. The fourth-order valence-electron chi connectivity index (χ4n) is 3.39. The van der Waals surface area contributed by atoms with Crippen molar-refractivity contribution in [3.63, 3.8) is 0 Å². The quantitative estimate of drug-likeness (QED) is 0.371. The number of aromatic nitrogens is 3. The van der Waals surface area contributed by atoms with Crippen LogP contribution >= 0.6 is 11.3 Å². The van der Waals surface area contributed by atoms with Gasteiger partial charge in [0, 0.05) is 30.9 Å². The van der Waals surface area contributed by atoms with Crippen LogP contribution in [0.5, 0.6) is 5.75 Å². The summed E-state index contributed by atoms with van der Waals surface area (Å²) in [7, 11) is 1.71. The molecule has 0 radical (unpaired) electrons. The highest BCUT2D eigenvalue weighted by molar-refractivity contribution is 7.10. The van der Waals surface area contributed by atoms with E-state index in [1.54, 1.807) is 24.8 Å². The SMILES string of the molecule is CCc1nncn1CCNC(=NCCc1cc(C)ccc1OC)NC(C)c1cccs1. The third-order valence-electron chi connectivity index (χ3n) is 5.07. The second-order valence-electron chi connectivity index (χ2n) is 7.40. The molecule has 3 rings (SSSR count). The predicted molar refractivity (Wildman–Crippen MR) is 127 cm³/mol. The van der Waals surface area contributed by atoms with Crippen molar-refractivity contribution in [1.82, 2.24) is 25.4 Å². The van der Waals surface area contributed by atoms with Gasteiger partial charge in [-0.3, -0.25) is 4.99 Å². The number of hydrogen-bond acceptors (Lipinski definition) is 5. The number of thiophene rings is 1. The first-order valence-corrected chi connectivity index (χ1v) is 11.6. The summed E-state index contributed by atoms with van der Waals surface area (Å²) < 4.78 is 7.58. The van der Waals surface area contributed by atoms with E-state index in [4.69, 9.17) is 9.73 Å². The third kappa shape index (κ3) is 6.55. The molecule has 0 bridgehead atoms. The highest BCUT2D eigenvalue weighted by Crippen LogP contribution is 2.20. The Morgan fingerprint density at radius 1 is 1.32 bits per heavy atom. The number of methoxy groups -OCH3 is 1. The second-order valence-corrected chi connectivity index (χ2v) is 8.38. The maximum Gasteiger partial charge on any atom is 0.191 e. The number of aryl methyl sites for hydroxylation is 2. The third-order valence-corrected chi connectivity index (χ3v) is 6.12. The molecule has 31 heavy (non-hydrogen) atoms. The molecule has 0 saturated carbocycles. The average Bonchev–Trinajstić information content (AvgIpc) is 3.46. The summed E-state index contributed by atoms with van der Waals surface area (Å²) in [5.41, 5.74) is 2.40. The van der Waals surface area contributed by atoms with E-state index in [-0.39, 0.29) is 6.04 Å². The largest absolute Gasteiger partial charge is 0.496 e. The van der Waals surface area contributed by atoms with Gasteiger partial charge in [0.15, 0.2) is 5.96 Å². The zero-order chi connectivity index (χ0) is 22.1. The molecule has 0 aliphatic heterocycles. The lowest BCUT2D eigenvalue weighted by Crippen LogP contribution is -2.40. The zero-order valence-electron chi connectivity index (χ0n) is 18.8. The lowest BCUT2D eigenvalue weighted by atomic mass is 10.1. The number of nitrogens with one attached hydrogen (secondary N) is 2. The van der Waals surface area contributed by atoms with Crippen LogP contribution in [0.15, 0.2) is 47.0 Å². The molecule has 0 saturated heterocycles. The lowest BCUT2D eigenvalue weighted by Gasteiger charge is -2.18. The summed E-state index contributed by atoms with van der Waals surface area (Å²) in [6, 6.07) is 10.7. The van der Waals surface area contributed by atoms with Gasteiger partial charge >= 0.3 is 0 Å². The van der Waals surface area contributed by atoms with E-state index in [1.165, 1.54) is 16.0 Å². The number of benzene rings is 1. The molecule has 1 aromatic carbocycles. The van der Waals surface area contributed by atoms with E-state index in [9.17, 15) is 0 Å². The molecule has 3 aromatic rings. The summed E-state index contributed by atoms with van der Waals surface area (Å²) in [6.07, 6.45) is 3.46. The van der Waals surface area contributed by atoms with E-state index in [1.807, 2.05) is 6.07 Å². The number of nitrogens with zero attached hydrogens (tertiary/aromatic N) is 4. The van der Waals surface area contributed by atoms with Gasteiger partial charge in [-0.2, -0.15) is 0 Å². The lowest BCUT2D eigenvalue weighted by molar-refractivity contribution is 0.409. The summed E-state index contributed by atoms with van der Waals surface area (Å²) >= 11 is 1.74. The minimum atomic E-state index is 0.181. The van der Waals surface area contributed by atoms with Crippen molar-refractivity contribution in [3.05, 3.63) is 63.9 Å². The maximum atomic E-state index is 5.51. The zero-order valence-corrected chi connectivity index (χ0v) is 19.6. The van der Waals surface area contributed by atoms with Crippen LogP contribution in [-0.2, 0) is 19.4 Å². The monoisotopic (exact) mass is 440 g/mol. The molecule has 1 atom stereocenters. The molecule has 2 aromatic heterocycles. The molecule has 8 heteroatoms. The highest BCUT2D eigenvalue weighted by Gasteiger charge is 2.10. The Balaban J connectivity index is 1.64. The molecular formula is C23H32N6OS. The number of rotatable bonds is 10. The number of guanidine groups is 1. The van der Waals surface area contributed by atoms with Crippen LogP contribution in [-0.4, -0.2) is 40.9 Å². The predicted octanol–water partition coefficient (Wildman–Crippen LogP) is 3.76. The van der Waals surface area contributed by atoms with Gasteiger partial charge in [-0.05, 0) is 43.3 Å². The van der Waals surface area contributed by atoms with E-state index in [0.29, 0.717) is 6.54 Å². The molecule has 2 heterocycles. The van der Waals surface area contributed by atoms with Crippen molar-refractivity contribution in [1.29, 1.82) is 0 Å².